The Morgan fingerprint density at radius 3 is 2.44 bits per heavy atom. The number of piperazine rings is 1. The molecule has 3 aromatic rings. The molecule has 0 spiro atoms. The van der Waals surface area contributed by atoms with E-state index in [-0.39, 0.29) is 24.6 Å². The molecule has 0 aliphatic carbocycles. The van der Waals surface area contributed by atoms with Gasteiger partial charge in [-0.2, -0.15) is 0 Å². The molecule has 0 aromatic heterocycles. The summed E-state index contributed by atoms with van der Waals surface area (Å²) in [5.74, 6) is 1.57. The molecule has 2 amide bonds. The Morgan fingerprint density at radius 1 is 1.03 bits per heavy atom. The van der Waals surface area contributed by atoms with E-state index in [4.69, 9.17) is 14.2 Å². The number of benzene rings is 3. The normalized spacial score (nSPS) is 17.8. The van der Waals surface area contributed by atoms with Gasteiger partial charge in [0.25, 0.3) is 5.91 Å². The van der Waals surface area contributed by atoms with Crippen LogP contribution in [0.15, 0.2) is 78.5 Å². The summed E-state index contributed by atoms with van der Waals surface area (Å²) in [4.78, 5) is 30.1. The van der Waals surface area contributed by atoms with E-state index in [1.165, 1.54) is 0 Å². The molecular weight excluding hydrogens is 456 g/mol. The lowest BCUT2D eigenvalue weighted by Gasteiger charge is -2.43. The predicted octanol–water partition coefficient (Wildman–Crippen LogP) is 4.38. The quantitative estimate of drug-likeness (QED) is 0.538. The summed E-state index contributed by atoms with van der Waals surface area (Å²) in [5.41, 5.74) is 3.24. The van der Waals surface area contributed by atoms with Crippen LogP contribution in [0.25, 0.3) is 6.08 Å². The molecule has 36 heavy (non-hydrogen) atoms. The third-order valence-corrected chi connectivity index (χ3v) is 6.51. The lowest BCUT2D eigenvalue weighted by molar-refractivity contribution is -0.132. The molecule has 0 bridgehead atoms. The van der Waals surface area contributed by atoms with E-state index in [0.29, 0.717) is 42.3 Å². The van der Waals surface area contributed by atoms with Gasteiger partial charge in [0.1, 0.15) is 0 Å². The van der Waals surface area contributed by atoms with Gasteiger partial charge in [-0.25, -0.2) is 0 Å². The third-order valence-electron chi connectivity index (χ3n) is 6.51. The number of nitrogens with zero attached hydrogens (tertiary/aromatic N) is 2. The van der Waals surface area contributed by atoms with Crippen LogP contribution in [0.1, 0.15) is 28.4 Å². The second-order valence-electron chi connectivity index (χ2n) is 8.86. The molecular formula is C29H28N2O5. The first-order chi connectivity index (χ1) is 17.5. The van der Waals surface area contributed by atoms with Crippen LogP contribution in [0.5, 0.6) is 17.2 Å². The highest BCUT2D eigenvalue weighted by Crippen LogP contribution is 2.42. The highest BCUT2D eigenvalue weighted by atomic mass is 16.7. The highest BCUT2D eigenvalue weighted by Gasteiger charge is 2.35. The summed E-state index contributed by atoms with van der Waals surface area (Å²) in [6.45, 7) is 2.40. The second kappa shape index (κ2) is 10.2. The van der Waals surface area contributed by atoms with Crippen LogP contribution >= 0.6 is 0 Å². The smallest absolute Gasteiger partial charge is 0.258 e. The van der Waals surface area contributed by atoms with E-state index in [1.807, 2.05) is 83.8 Å². The number of carbonyl (C=O) groups is 2. The van der Waals surface area contributed by atoms with E-state index in [1.54, 1.807) is 18.9 Å². The fourth-order valence-electron chi connectivity index (χ4n) is 4.74. The molecule has 7 nitrogen and oxygen atoms in total. The van der Waals surface area contributed by atoms with Crippen molar-refractivity contribution >= 4 is 17.9 Å². The lowest BCUT2D eigenvalue weighted by Crippen LogP contribution is -2.55. The van der Waals surface area contributed by atoms with E-state index >= 15 is 0 Å². The second-order valence-corrected chi connectivity index (χ2v) is 8.86. The Hall–Kier alpha value is -4.26. The monoisotopic (exact) mass is 484 g/mol. The largest absolute Gasteiger partial charge is 0.493 e. The van der Waals surface area contributed by atoms with Gasteiger partial charge in [-0.1, -0.05) is 48.5 Å². The molecule has 2 aliphatic heterocycles. The average Bonchev–Trinajstić information content (AvgIpc) is 3.38. The van der Waals surface area contributed by atoms with Crippen molar-refractivity contribution in [3.63, 3.8) is 0 Å². The van der Waals surface area contributed by atoms with Gasteiger partial charge in [-0.3, -0.25) is 9.59 Å². The van der Waals surface area contributed by atoms with Crippen LogP contribution in [-0.2, 0) is 11.2 Å². The van der Waals surface area contributed by atoms with Crippen molar-refractivity contribution < 1.29 is 23.8 Å². The van der Waals surface area contributed by atoms with Crippen molar-refractivity contribution in [3.8, 4) is 17.2 Å². The van der Waals surface area contributed by atoms with Gasteiger partial charge in [0.2, 0.25) is 18.4 Å². The molecule has 7 heteroatoms. The number of fused-ring (bicyclic) bond motifs is 1. The number of hydrogen-bond donors (Lipinski definition) is 0. The first-order valence-electron chi connectivity index (χ1n) is 11.9. The minimum Gasteiger partial charge on any atom is -0.493 e. The lowest BCUT2D eigenvalue weighted by atomic mass is 9.99. The van der Waals surface area contributed by atoms with Gasteiger partial charge >= 0.3 is 0 Å². The highest BCUT2D eigenvalue weighted by molar-refractivity contribution is 5.96. The number of hydrogen-bond acceptors (Lipinski definition) is 5. The first-order valence-corrected chi connectivity index (χ1v) is 11.9. The fraction of sp³-hybridized carbons (Fsp3) is 0.241. The third kappa shape index (κ3) is 4.77. The Bertz CT molecular complexity index is 1290. The summed E-state index contributed by atoms with van der Waals surface area (Å²) < 4.78 is 16.6. The standard InChI is InChI=1S/C29H28N2O5/c1-20(32)30-17-25(14-22-15-26(34-2)28-27(16-22)35-19-36-28)31(29(33)23-11-7-4-8-12-23)18-24(30)13-21-9-5-3-6-10-21/h3-12,14-16,24H,13,17-19H2,1-2H3/b25-14-. The van der Waals surface area contributed by atoms with Gasteiger partial charge in [-0.15, -0.1) is 0 Å². The first kappa shape index (κ1) is 23.5. The molecule has 1 saturated heterocycles. The molecule has 3 aromatic carbocycles. The predicted molar refractivity (Wildman–Crippen MR) is 136 cm³/mol. The molecule has 184 valence electrons. The van der Waals surface area contributed by atoms with E-state index in [2.05, 4.69) is 0 Å². The van der Waals surface area contributed by atoms with E-state index < -0.39 is 0 Å². The maximum atomic E-state index is 13.7. The van der Waals surface area contributed by atoms with Crippen LogP contribution in [0, 0.1) is 0 Å². The molecule has 1 atom stereocenters. The molecule has 0 N–H and O–H groups in total. The van der Waals surface area contributed by atoms with Gasteiger partial charge < -0.3 is 24.0 Å². The summed E-state index contributed by atoms with van der Waals surface area (Å²) in [7, 11) is 1.58. The average molecular weight is 485 g/mol. The molecule has 0 saturated carbocycles. The Kier molecular flexibility index (Phi) is 6.62. The van der Waals surface area contributed by atoms with Crippen molar-refractivity contribution in [1.82, 2.24) is 9.80 Å². The van der Waals surface area contributed by atoms with Crippen molar-refractivity contribution in [1.29, 1.82) is 0 Å². The van der Waals surface area contributed by atoms with E-state index in [9.17, 15) is 9.59 Å². The maximum Gasteiger partial charge on any atom is 0.258 e. The Labute approximate surface area is 210 Å². The van der Waals surface area contributed by atoms with Gasteiger partial charge in [-0.05, 0) is 47.9 Å². The van der Waals surface area contributed by atoms with Crippen molar-refractivity contribution in [2.75, 3.05) is 27.0 Å². The van der Waals surface area contributed by atoms with Gasteiger partial charge in [0.05, 0.1) is 19.7 Å². The zero-order chi connectivity index (χ0) is 25.1. The molecule has 2 heterocycles. The molecule has 1 unspecified atom stereocenters. The van der Waals surface area contributed by atoms with Gasteiger partial charge in [0, 0.05) is 24.7 Å². The Morgan fingerprint density at radius 2 is 1.75 bits per heavy atom. The number of ether oxygens (including phenoxy) is 3. The zero-order valence-electron chi connectivity index (χ0n) is 20.3. The van der Waals surface area contributed by atoms with Crippen LogP contribution in [0.2, 0.25) is 0 Å². The summed E-state index contributed by atoms with van der Waals surface area (Å²) in [6, 6.07) is 22.8. The van der Waals surface area contributed by atoms with Gasteiger partial charge in [0.15, 0.2) is 11.5 Å². The topological polar surface area (TPSA) is 68.3 Å². The van der Waals surface area contributed by atoms with Crippen LogP contribution in [0.3, 0.4) is 0 Å². The van der Waals surface area contributed by atoms with E-state index in [0.717, 1.165) is 16.8 Å². The fourth-order valence-corrected chi connectivity index (χ4v) is 4.74. The molecule has 5 rings (SSSR count). The number of rotatable bonds is 5. The van der Waals surface area contributed by atoms with Crippen LogP contribution in [0.4, 0.5) is 0 Å². The maximum absolute atomic E-state index is 13.7. The number of carbonyl (C=O) groups excluding carboxylic acids is 2. The summed E-state index contributed by atoms with van der Waals surface area (Å²) in [5, 5.41) is 0. The SMILES string of the molecule is COc1cc(/C=C2/CN(C(C)=O)C(Cc3ccccc3)CN2C(=O)c2ccccc2)cc2c1OCO2. The Balaban J connectivity index is 1.54. The molecule has 0 radical (unpaired) electrons. The zero-order valence-corrected chi connectivity index (χ0v) is 20.3. The summed E-state index contributed by atoms with van der Waals surface area (Å²) in [6.07, 6.45) is 2.57. The van der Waals surface area contributed by atoms with Crippen LogP contribution < -0.4 is 14.2 Å². The van der Waals surface area contributed by atoms with Crippen molar-refractivity contribution in [2.45, 2.75) is 19.4 Å². The van der Waals surface area contributed by atoms with Crippen molar-refractivity contribution in [3.05, 3.63) is 95.2 Å². The van der Waals surface area contributed by atoms with Crippen LogP contribution in [-0.4, -0.2) is 54.6 Å². The summed E-state index contributed by atoms with van der Waals surface area (Å²) >= 11 is 0. The number of amides is 2. The van der Waals surface area contributed by atoms with Crippen molar-refractivity contribution in [2.24, 2.45) is 0 Å². The minimum absolute atomic E-state index is 0.0306. The molecule has 2 aliphatic rings. The minimum atomic E-state index is -0.152. The molecule has 1 fully saturated rings. The number of methoxy groups -OCH3 is 1.